The molecule has 0 saturated heterocycles. The van der Waals surface area contributed by atoms with Crippen LogP contribution in [0.4, 0.5) is 0 Å². The monoisotopic (exact) mass is 364 g/mol. The number of hydrogen-bond acceptors (Lipinski definition) is 3. The largest absolute Gasteiger partial charge is 0.496 e. The number of aryl methyl sites for hydroxylation is 1. The second-order valence-electron chi connectivity index (χ2n) is 7.36. The van der Waals surface area contributed by atoms with Gasteiger partial charge in [0, 0.05) is 35.2 Å². The number of benzene rings is 2. The minimum Gasteiger partial charge on any atom is -0.496 e. The molecule has 2 aromatic carbocycles. The Morgan fingerprint density at radius 3 is 2.74 bits per heavy atom. The van der Waals surface area contributed by atoms with Gasteiger partial charge >= 0.3 is 0 Å². The van der Waals surface area contributed by atoms with E-state index in [0.29, 0.717) is 19.6 Å². The molecule has 4 rings (SSSR count). The Morgan fingerprint density at radius 1 is 1.07 bits per heavy atom. The van der Waals surface area contributed by atoms with Crippen molar-refractivity contribution >= 4 is 10.9 Å². The topological polar surface area (TPSA) is 46.4 Å². The van der Waals surface area contributed by atoms with Crippen LogP contribution in [-0.2, 0) is 25.9 Å². The first-order valence-electron chi connectivity index (χ1n) is 9.87. The fourth-order valence-electron chi connectivity index (χ4n) is 4.29. The van der Waals surface area contributed by atoms with E-state index in [-0.39, 0.29) is 0 Å². The molecule has 3 aromatic rings. The maximum absolute atomic E-state index is 10.7. The Balaban J connectivity index is 1.45. The molecule has 1 aliphatic carbocycles. The summed E-state index contributed by atoms with van der Waals surface area (Å²) in [4.78, 5) is 0. The Labute approximate surface area is 160 Å². The maximum atomic E-state index is 10.7. The third kappa shape index (κ3) is 3.73. The van der Waals surface area contributed by atoms with Gasteiger partial charge in [-0.05, 0) is 43.4 Å². The number of ether oxygens (including phenoxy) is 1. The third-order valence-electron chi connectivity index (χ3n) is 5.57. The van der Waals surface area contributed by atoms with Gasteiger partial charge < -0.3 is 19.7 Å². The van der Waals surface area contributed by atoms with Crippen LogP contribution >= 0.6 is 0 Å². The standard InChI is InChI=1S/C23H28N2O2/c1-27-23-13-7-2-8-17(23)14-24-15-18(26)16-25-21-11-5-3-9-19(21)20-10-4-6-12-22(20)25/h2-3,5,7-9,11,13,18,24,26H,4,6,10,12,14-16H2,1H3. The number of rotatable bonds is 7. The maximum Gasteiger partial charge on any atom is 0.123 e. The lowest BCUT2D eigenvalue weighted by Crippen LogP contribution is -2.30. The predicted molar refractivity (Wildman–Crippen MR) is 109 cm³/mol. The summed E-state index contributed by atoms with van der Waals surface area (Å²) in [5, 5.41) is 15.4. The minimum atomic E-state index is -0.429. The van der Waals surface area contributed by atoms with Gasteiger partial charge in [-0.2, -0.15) is 0 Å². The number of aromatic nitrogens is 1. The number of nitrogens with one attached hydrogen (secondary N) is 1. The van der Waals surface area contributed by atoms with Crippen molar-refractivity contribution in [3.05, 3.63) is 65.4 Å². The fraction of sp³-hybridized carbons (Fsp3) is 0.391. The smallest absolute Gasteiger partial charge is 0.123 e. The molecule has 1 aromatic heterocycles. The molecule has 4 heteroatoms. The highest BCUT2D eigenvalue weighted by molar-refractivity contribution is 5.85. The Kier molecular flexibility index (Phi) is 5.46. The van der Waals surface area contributed by atoms with Gasteiger partial charge in [-0.25, -0.2) is 0 Å². The van der Waals surface area contributed by atoms with Crippen LogP contribution in [0, 0.1) is 0 Å². The molecule has 142 valence electrons. The first kappa shape index (κ1) is 18.1. The van der Waals surface area contributed by atoms with E-state index in [1.165, 1.54) is 35.0 Å². The van der Waals surface area contributed by atoms with Crippen LogP contribution < -0.4 is 10.1 Å². The molecule has 4 nitrogen and oxygen atoms in total. The molecule has 0 saturated carbocycles. The molecule has 0 amide bonds. The average molecular weight is 364 g/mol. The zero-order valence-corrected chi connectivity index (χ0v) is 15.9. The van der Waals surface area contributed by atoms with E-state index in [1.54, 1.807) is 7.11 Å². The summed E-state index contributed by atoms with van der Waals surface area (Å²) in [5.74, 6) is 0.880. The molecule has 27 heavy (non-hydrogen) atoms. The lowest BCUT2D eigenvalue weighted by Gasteiger charge is -2.19. The van der Waals surface area contributed by atoms with Crippen LogP contribution in [0.2, 0.25) is 0 Å². The molecule has 1 aliphatic rings. The summed E-state index contributed by atoms with van der Waals surface area (Å²) in [6.07, 6.45) is 4.35. The number of fused-ring (bicyclic) bond motifs is 3. The van der Waals surface area contributed by atoms with Crippen molar-refractivity contribution < 1.29 is 9.84 Å². The number of nitrogens with zero attached hydrogens (tertiary/aromatic N) is 1. The Hall–Kier alpha value is -2.30. The van der Waals surface area contributed by atoms with Crippen LogP contribution in [0.25, 0.3) is 10.9 Å². The first-order valence-corrected chi connectivity index (χ1v) is 9.87. The zero-order chi connectivity index (χ0) is 18.6. The van der Waals surface area contributed by atoms with E-state index in [0.717, 1.165) is 24.2 Å². The quantitative estimate of drug-likeness (QED) is 0.672. The lowest BCUT2D eigenvalue weighted by molar-refractivity contribution is 0.151. The summed E-state index contributed by atoms with van der Waals surface area (Å²) in [7, 11) is 1.69. The zero-order valence-electron chi connectivity index (χ0n) is 15.9. The molecule has 0 aliphatic heterocycles. The lowest BCUT2D eigenvalue weighted by atomic mass is 9.95. The van der Waals surface area contributed by atoms with Crippen LogP contribution in [0.1, 0.15) is 29.7 Å². The summed E-state index contributed by atoms with van der Waals surface area (Å²) < 4.78 is 7.74. The van der Waals surface area contributed by atoms with Gasteiger partial charge in [0.25, 0.3) is 0 Å². The second kappa shape index (κ2) is 8.15. The Bertz CT molecular complexity index is 916. The van der Waals surface area contributed by atoms with Crippen LogP contribution in [0.5, 0.6) is 5.75 Å². The minimum absolute atomic E-state index is 0.429. The molecule has 2 N–H and O–H groups in total. The van der Waals surface area contributed by atoms with Crippen molar-refractivity contribution in [1.29, 1.82) is 0 Å². The first-order chi connectivity index (χ1) is 13.3. The van der Waals surface area contributed by atoms with Gasteiger partial charge in [0.2, 0.25) is 0 Å². The SMILES string of the molecule is COc1ccccc1CNCC(O)Cn1c2c(c3ccccc31)CCCC2. The molecule has 0 radical (unpaired) electrons. The van der Waals surface area contributed by atoms with E-state index < -0.39 is 6.10 Å². The van der Waals surface area contributed by atoms with Gasteiger partial charge in [-0.1, -0.05) is 36.4 Å². The molecule has 0 bridgehead atoms. The molecule has 1 heterocycles. The molecule has 0 fully saturated rings. The summed E-state index contributed by atoms with van der Waals surface area (Å²) in [6.45, 7) is 1.87. The van der Waals surface area contributed by atoms with Crippen molar-refractivity contribution in [2.45, 2.75) is 44.9 Å². The van der Waals surface area contributed by atoms with Gasteiger partial charge in [0.15, 0.2) is 0 Å². The number of hydrogen-bond donors (Lipinski definition) is 2. The molecule has 1 atom stereocenters. The van der Waals surface area contributed by atoms with Crippen molar-refractivity contribution in [3.63, 3.8) is 0 Å². The molecule has 1 unspecified atom stereocenters. The third-order valence-corrected chi connectivity index (χ3v) is 5.57. The van der Waals surface area contributed by atoms with E-state index in [2.05, 4.69) is 34.1 Å². The Morgan fingerprint density at radius 2 is 1.85 bits per heavy atom. The van der Waals surface area contributed by atoms with Crippen LogP contribution in [0.15, 0.2) is 48.5 Å². The number of aliphatic hydroxyl groups excluding tert-OH is 1. The van der Waals surface area contributed by atoms with E-state index in [1.807, 2.05) is 24.3 Å². The van der Waals surface area contributed by atoms with E-state index >= 15 is 0 Å². The van der Waals surface area contributed by atoms with Crippen molar-refractivity contribution in [2.24, 2.45) is 0 Å². The highest BCUT2D eigenvalue weighted by atomic mass is 16.5. The summed E-state index contributed by atoms with van der Waals surface area (Å²) in [5.41, 5.74) is 5.28. The fourth-order valence-corrected chi connectivity index (χ4v) is 4.29. The van der Waals surface area contributed by atoms with Gasteiger partial charge in [0.1, 0.15) is 5.75 Å². The second-order valence-corrected chi connectivity index (χ2v) is 7.36. The number of methoxy groups -OCH3 is 1. The summed E-state index contributed by atoms with van der Waals surface area (Å²) in [6, 6.07) is 16.6. The highest BCUT2D eigenvalue weighted by Crippen LogP contribution is 2.32. The normalized spacial score (nSPS) is 14.9. The van der Waals surface area contributed by atoms with Gasteiger partial charge in [-0.3, -0.25) is 0 Å². The average Bonchev–Trinajstić information content (AvgIpc) is 3.02. The van der Waals surface area contributed by atoms with E-state index in [9.17, 15) is 5.11 Å². The van der Waals surface area contributed by atoms with Crippen molar-refractivity contribution in [1.82, 2.24) is 9.88 Å². The van der Waals surface area contributed by atoms with Crippen molar-refractivity contribution in [3.8, 4) is 5.75 Å². The highest BCUT2D eigenvalue weighted by Gasteiger charge is 2.20. The van der Waals surface area contributed by atoms with Gasteiger partial charge in [-0.15, -0.1) is 0 Å². The van der Waals surface area contributed by atoms with E-state index in [4.69, 9.17) is 4.74 Å². The van der Waals surface area contributed by atoms with Crippen LogP contribution in [-0.4, -0.2) is 29.4 Å². The predicted octanol–water partition coefficient (Wildman–Crippen LogP) is 3.68. The molecule has 0 spiro atoms. The summed E-state index contributed by atoms with van der Waals surface area (Å²) >= 11 is 0. The van der Waals surface area contributed by atoms with Gasteiger partial charge in [0.05, 0.1) is 19.8 Å². The number of aliphatic hydroxyl groups is 1. The van der Waals surface area contributed by atoms with Crippen molar-refractivity contribution in [2.75, 3.05) is 13.7 Å². The molecular weight excluding hydrogens is 336 g/mol. The van der Waals surface area contributed by atoms with Crippen LogP contribution in [0.3, 0.4) is 0 Å². The molecular formula is C23H28N2O2. The number of para-hydroxylation sites is 2.